The molecule has 17 heavy (non-hydrogen) atoms. The number of nitrogens with one attached hydrogen (secondary N) is 1. The van der Waals surface area contributed by atoms with Crippen LogP contribution in [0.4, 0.5) is 0 Å². The Hall–Kier alpha value is -0.650. The molecule has 0 aliphatic carbocycles. The van der Waals surface area contributed by atoms with Gasteiger partial charge in [0.25, 0.3) is 5.91 Å². The van der Waals surface area contributed by atoms with Gasteiger partial charge in [0.2, 0.25) is 0 Å². The first-order valence-electron chi connectivity index (χ1n) is 6.39. The SMILES string of the molecule is CCC1COC(C)CN1C(C(=O)NN)C(C)C. The van der Waals surface area contributed by atoms with Crippen LogP contribution in [0.3, 0.4) is 0 Å². The molecule has 0 aromatic heterocycles. The Morgan fingerprint density at radius 1 is 1.59 bits per heavy atom. The van der Waals surface area contributed by atoms with Crippen LogP contribution in [0.1, 0.15) is 34.1 Å². The highest BCUT2D eigenvalue weighted by atomic mass is 16.5. The molecule has 1 heterocycles. The molecule has 1 aliphatic rings. The molecule has 0 spiro atoms. The fourth-order valence-corrected chi connectivity index (χ4v) is 2.48. The molecule has 1 amide bonds. The summed E-state index contributed by atoms with van der Waals surface area (Å²) in [7, 11) is 0. The van der Waals surface area contributed by atoms with Gasteiger partial charge in [0.15, 0.2) is 0 Å². The molecular formula is C12H25N3O2. The Morgan fingerprint density at radius 2 is 2.24 bits per heavy atom. The van der Waals surface area contributed by atoms with E-state index < -0.39 is 0 Å². The molecule has 5 heteroatoms. The van der Waals surface area contributed by atoms with Crippen LogP contribution in [0, 0.1) is 5.92 Å². The first kappa shape index (κ1) is 14.4. The molecule has 1 rings (SSSR count). The number of amides is 1. The van der Waals surface area contributed by atoms with E-state index in [-0.39, 0.29) is 24.0 Å². The van der Waals surface area contributed by atoms with Crippen molar-refractivity contribution >= 4 is 5.91 Å². The monoisotopic (exact) mass is 243 g/mol. The van der Waals surface area contributed by atoms with Crippen molar-refractivity contribution in [3.05, 3.63) is 0 Å². The molecule has 1 fully saturated rings. The second-order valence-corrected chi connectivity index (χ2v) is 5.10. The Bertz CT molecular complexity index is 258. The predicted molar refractivity (Wildman–Crippen MR) is 67.2 cm³/mol. The second-order valence-electron chi connectivity index (χ2n) is 5.10. The molecule has 3 atom stereocenters. The standard InChI is InChI=1S/C12H25N3O2/c1-5-10-7-17-9(4)6-15(10)11(8(2)3)12(16)14-13/h8-11H,5-7,13H2,1-4H3,(H,14,16). The zero-order valence-electron chi connectivity index (χ0n) is 11.3. The van der Waals surface area contributed by atoms with Gasteiger partial charge in [-0.05, 0) is 19.3 Å². The lowest BCUT2D eigenvalue weighted by molar-refractivity contribution is -0.136. The molecule has 0 saturated carbocycles. The van der Waals surface area contributed by atoms with Gasteiger partial charge in [0, 0.05) is 12.6 Å². The Morgan fingerprint density at radius 3 is 2.71 bits per heavy atom. The highest BCUT2D eigenvalue weighted by Crippen LogP contribution is 2.21. The van der Waals surface area contributed by atoms with E-state index in [2.05, 4.69) is 17.2 Å². The summed E-state index contributed by atoms with van der Waals surface area (Å²) in [4.78, 5) is 14.1. The van der Waals surface area contributed by atoms with E-state index in [0.717, 1.165) is 13.0 Å². The van der Waals surface area contributed by atoms with Crippen molar-refractivity contribution in [1.29, 1.82) is 0 Å². The molecule has 3 unspecified atom stereocenters. The molecule has 1 saturated heterocycles. The van der Waals surface area contributed by atoms with E-state index in [1.165, 1.54) is 0 Å². The highest BCUT2D eigenvalue weighted by Gasteiger charge is 2.36. The van der Waals surface area contributed by atoms with Gasteiger partial charge < -0.3 is 4.74 Å². The Labute approximate surface area is 104 Å². The van der Waals surface area contributed by atoms with Gasteiger partial charge in [-0.15, -0.1) is 0 Å². The minimum absolute atomic E-state index is 0.104. The van der Waals surface area contributed by atoms with Crippen LogP contribution in [0.5, 0.6) is 0 Å². The van der Waals surface area contributed by atoms with Gasteiger partial charge in [0.1, 0.15) is 0 Å². The van der Waals surface area contributed by atoms with Crippen molar-refractivity contribution in [2.75, 3.05) is 13.2 Å². The third kappa shape index (κ3) is 3.40. The molecular weight excluding hydrogens is 218 g/mol. The van der Waals surface area contributed by atoms with Crippen molar-refractivity contribution in [2.45, 2.75) is 52.3 Å². The van der Waals surface area contributed by atoms with Crippen LogP contribution in [0.15, 0.2) is 0 Å². The molecule has 5 nitrogen and oxygen atoms in total. The number of rotatable bonds is 4. The predicted octanol–water partition coefficient (Wildman–Crippen LogP) is 0.500. The number of carbonyl (C=O) groups excluding carboxylic acids is 1. The summed E-state index contributed by atoms with van der Waals surface area (Å²) in [5, 5.41) is 0. The average Bonchev–Trinajstić information content (AvgIpc) is 2.29. The highest BCUT2D eigenvalue weighted by molar-refractivity contribution is 5.81. The van der Waals surface area contributed by atoms with Crippen molar-refractivity contribution in [2.24, 2.45) is 11.8 Å². The lowest BCUT2D eigenvalue weighted by atomic mass is 9.97. The Kier molecular flexibility index (Phi) is 5.36. The van der Waals surface area contributed by atoms with Crippen LogP contribution >= 0.6 is 0 Å². The van der Waals surface area contributed by atoms with Crippen LogP contribution in [-0.4, -0.2) is 42.1 Å². The number of nitrogens with zero attached hydrogens (tertiary/aromatic N) is 1. The first-order chi connectivity index (χ1) is 8.01. The summed E-state index contributed by atoms with van der Waals surface area (Å²) in [6.45, 7) is 9.73. The van der Waals surface area contributed by atoms with Crippen LogP contribution in [-0.2, 0) is 9.53 Å². The normalized spacial score (nSPS) is 28.1. The number of hydrogen-bond donors (Lipinski definition) is 2. The molecule has 100 valence electrons. The number of hydrogen-bond acceptors (Lipinski definition) is 4. The van der Waals surface area contributed by atoms with E-state index in [1.54, 1.807) is 0 Å². The van der Waals surface area contributed by atoms with E-state index in [0.29, 0.717) is 12.6 Å². The minimum atomic E-state index is -0.170. The average molecular weight is 243 g/mol. The zero-order chi connectivity index (χ0) is 13.0. The first-order valence-corrected chi connectivity index (χ1v) is 6.39. The third-order valence-corrected chi connectivity index (χ3v) is 3.38. The maximum Gasteiger partial charge on any atom is 0.251 e. The van der Waals surface area contributed by atoms with Crippen molar-refractivity contribution in [3.63, 3.8) is 0 Å². The topological polar surface area (TPSA) is 67.6 Å². The molecule has 0 bridgehead atoms. The summed E-state index contributed by atoms with van der Waals surface area (Å²) in [5.41, 5.74) is 2.28. The lowest BCUT2D eigenvalue weighted by Gasteiger charge is -2.43. The summed E-state index contributed by atoms with van der Waals surface area (Å²) in [6, 6.07) is 0.132. The van der Waals surface area contributed by atoms with E-state index in [1.807, 2.05) is 20.8 Å². The number of ether oxygens (including phenoxy) is 1. The van der Waals surface area contributed by atoms with Gasteiger partial charge >= 0.3 is 0 Å². The van der Waals surface area contributed by atoms with Gasteiger partial charge in [-0.2, -0.15) is 0 Å². The summed E-state index contributed by atoms with van der Waals surface area (Å²) in [5.74, 6) is 5.41. The quantitative estimate of drug-likeness (QED) is 0.429. The Balaban J connectivity index is 2.85. The van der Waals surface area contributed by atoms with Crippen LogP contribution in [0.25, 0.3) is 0 Å². The van der Waals surface area contributed by atoms with Gasteiger partial charge in [-0.1, -0.05) is 20.8 Å². The number of hydrazine groups is 1. The van der Waals surface area contributed by atoms with Crippen molar-refractivity contribution in [1.82, 2.24) is 10.3 Å². The molecule has 0 radical (unpaired) electrons. The maximum absolute atomic E-state index is 11.9. The van der Waals surface area contributed by atoms with Crippen molar-refractivity contribution in [3.8, 4) is 0 Å². The lowest BCUT2D eigenvalue weighted by Crippen LogP contribution is -2.60. The summed E-state index contributed by atoms with van der Waals surface area (Å²) in [6.07, 6.45) is 1.15. The largest absolute Gasteiger partial charge is 0.376 e. The smallest absolute Gasteiger partial charge is 0.251 e. The van der Waals surface area contributed by atoms with Gasteiger partial charge in [-0.25, -0.2) is 5.84 Å². The number of morpholine rings is 1. The maximum atomic E-state index is 11.9. The number of carbonyl (C=O) groups is 1. The summed E-state index contributed by atoms with van der Waals surface area (Å²) < 4.78 is 5.65. The van der Waals surface area contributed by atoms with E-state index >= 15 is 0 Å². The third-order valence-electron chi connectivity index (χ3n) is 3.38. The molecule has 3 N–H and O–H groups in total. The van der Waals surface area contributed by atoms with Crippen LogP contribution < -0.4 is 11.3 Å². The fraction of sp³-hybridized carbons (Fsp3) is 0.917. The zero-order valence-corrected chi connectivity index (χ0v) is 11.3. The van der Waals surface area contributed by atoms with E-state index in [9.17, 15) is 4.79 Å². The fourth-order valence-electron chi connectivity index (χ4n) is 2.48. The summed E-state index contributed by atoms with van der Waals surface area (Å²) >= 11 is 0. The van der Waals surface area contributed by atoms with Crippen molar-refractivity contribution < 1.29 is 9.53 Å². The minimum Gasteiger partial charge on any atom is -0.376 e. The van der Waals surface area contributed by atoms with Gasteiger partial charge in [-0.3, -0.25) is 15.1 Å². The van der Waals surface area contributed by atoms with E-state index in [4.69, 9.17) is 10.6 Å². The molecule has 0 aromatic carbocycles. The van der Waals surface area contributed by atoms with Crippen LogP contribution in [0.2, 0.25) is 0 Å². The van der Waals surface area contributed by atoms with Gasteiger partial charge in [0.05, 0.1) is 18.8 Å². The molecule has 0 aromatic rings. The second kappa shape index (κ2) is 6.33. The molecule has 1 aliphatic heterocycles. The number of nitrogens with two attached hydrogens (primary N) is 1.